The van der Waals surface area contributed by atoms with Crippen molar-refractivity contribution in [3.63, 3.8) is 0 Å². The monoisotopic (exact) mass is 216 g/mol. The second kappa shape index (κ2) is 3.89. The lowest BCUT2D eigenvalue weighted by Crippen LogP contribution is -2.10. The van der Waals surface area contributed by atoms with Gasteiger partial charge in [0.25, 0.3) is 0 Å². The summed E-state index contributed by atoms with van der Waals surface area (Å²) in [6.07, 6.45) is 1.77. The number of hydrogen-bond acceptors (Lipinski definition) is 3. The molecule has 3 N–H and O–H groups in total. The summed E-state index contributed by atoms with van der Waals surface area (Å²) in [6, 6.07) is 6.20. The summed E-state index contributed by atoms with van der Waals surface area (Å²) in [5.41, 5.74) is 10.3. The maximum Gasteiger partial charge on any atom is 0.126 e. The molecule has 1 aromatic carbocycles. The first kappa shape index (κ1) is 10.5. The fourth-order valence-corrected chi connectivity index (χ4v) is 1.87. The minimum Gasteiger partial charge on any atom is -0.384 e. The molecule has 0 unspecified atom stereocenters. The Morgan fingerprint density at radius 2 is 2.06 bits per heavy atom. The summed E-state index contributed by atoms with van der Waals surface area (Å²) in [4.78, 5) is 2.08. The van der Waals surface area contributed by atoms with E-state index in [1.165, 1.54) is 5.56 Å². The van der Waals surface area contributed by atoms with Crippen molar-refractivity contribution in [3.8, 4) is 11.1 Å². The molecule has 0 aliphatic heterocycles. The number of aryl methyl sites for hydroxylation is 1. The number of aromatic amines is 1. The van der Waals surface area contributed by atoms with Crippen LogP contribution in [0.4, 0.5) is 11.5 Å². The van der Waals surface area contributed by atoms with E-state index in [-0.39, 0.29) is 0 Å². The predicted molar refractivity (Wildman–Crippen MR) is 67.5 cm³/mol. The predicted octanol–water partition coefficient (Wildman–Crippen LogP) is 2.03. The molecule has 0 spiro atoms. The van der Waals surface area contributed by atoms with Gasteiger partial charge in [-0.3, -0.25) is 5.10 Å². The summed E-state index contributed by atoms with van der Waals surface area (Å²) in [5.74, 6) is 0.609. The van der Waals surface area contributed by atoms with Crippen LogP contribution in [0, 0.1) is 6.92 Å². The van der Waals surface area contributed by atoms with Gasteiger partial charge in [0.05, 0.1) is 6.20 Å². The highest BCUT2D eigenvalue weighted by molar-refractivity contribution is 5.86. The van der Waals surface area contributed by atoms with E-state index in [0.29, 0.717) is 5.82 Å². The molecule has 0 amide bonds. The van der Waals surface area contributed by atoms with E-state index in [2.05, 4.69) is 34.2 Å². The van der Waals surface area contributed by atoms with Crippen molar-refractivity contribution in [2.45, 2.75) is 6.92 Å². The normalized spacial score (nSPS) is 10.4. The minimum atomic E-state index is 0.609. The zero-order chi connectivity index (χ0) is 11.7. The van der Waals surface area contributed by atoms with E-state index >= 15 is 0 Å². The number of rotatable bonds is 2. The third-order valence-corrected chi connectivity index (χ3v) is 2.67. The number of aromatic nitrogens is 2. The Balaban J connectivity index is 2.68. The zero-order valence-electron chi connectivity index (χ0n) is 9.78. The molecule has 0 saturated carbocycles. The van der Waals surface area contributed by atoms with Crippen LogP contribution in [-0.2, 0) is 0 Å². The molecule has 0 fully saturated rings. The van der Waals surface area contributed by atoms with E-state index in [1.807, 2.05) is 20.2 Å². The Hall–Kier alpha value is -1.97. The fraction of sp³-hybridized carbons (Fsp3) is 0.250. The number of hydrogen-bond donors (Lipinski definition) is 2. The lowest BCUT2D eigenvalue weighted by atomic mass is 10.00. The first-order valence-corrected chi connectivity index (χ1v) is 5.17. The van der Waals surface area contributed by atoms with Crippen molar-refractivity contribution in [1.82, 2.24) is 10.2 Å². The maximum atomic E-state index is 5.87. The summed E-state index contributed by atoms with van der Waals surface area (Å²) in [5, 5.41) is 6.74. The van der Waals surface area contributed by atoms with Crippen LogP contribution in [-0.4, -0.2) is 24.3 Å². The van der Waals surface area contributed by atoms with Crippen LogP contribution in [0.5, 0.6) is 0 Å². The van der Waals surface area contributed by atoms with Crippen molar-refractivity contribution in [3.05, 3.63) is 30.0 Å². The highest BCUT2D eigenvalue weighted by Crippen LogP contribution is 2.35. The van der Waals surface area contributed by atoms with Crippen LogP contribution in [0.3, 0.4) is 0 Å². The maximum absolute atomic E-state index is 5.87. The molecule has 0 radical (unpaired) electrons. The Labute approximate surface area is 95.1 Å². The van der Waals surface area contributed by atoms with Crippen LogP contribution in [0.1, 0.15) is 5.56 Å². The first-order valence-electron chi connectivity index (χ1n) is 5.17. The van der Waals surface area contributed by atoms with Gasteiger partial charge in [-0.05, 0) is 18.6 Å². The SMILES string of the molecule is Cc1cccc(N(C)C)c1-c1cn[nH]c1N. The molecule has 0 saturated heterocycles. The molecule has 1 aromatic heterocycles. The molecule has 0 bridgehead atoms. The second-order valence-electron chi connectivity index (χ2n) is 4.06. The van der Waals surface area contributed by atoms with Crippen molar-refractivity contribution in [2.24, 2.45) is 0 Å². The standard InChI is InChI=1S/C12H16N4/c1-8-5-4-6-10(16(2)3)11(8)9-7-14-15-12(9)13/h4-7H,1-3H3,(H3,13,14,15). The van der Waals surface area contributed by atoms with Gasteiger partial charge in [-0.1, -0.05) is 12.1 Å². The number of nitrogen functional groups attached to an aromatic ring is 1. The molecule has 4 nitrogen and oxygen atoms in total. The van der Waals surface area contributed by atoms with Gasteiger partial charge in [0.2, 0.25) is 0 Å². The number of H-pyrrole nitrogens is 1. The molecule has 0 atom stereocenters. The van der Waals surface area contributed by atoms with Crippen molar-refractivity contribution in [1.29, 1.82) is 0 Å². The quantitative estimate of drug-likeness (QED) is 0.807. The number of benzene rings is 1. The molecular formula is C12H16N4. The van der Waals surface area contributed by atoms with E-state index in [0.717, 1.165) is 16.8 Å². The van der Waals surface area contributed by atoms with Gasteiger partial charge in [-0.15, -0.1) is 0 Å². The molecule has 0 aliphatic rings. The molecule has 2 aromatic rings. The highest BCUT2D eigenvalue weighted by atomic mass is 15.1. The van der Waals surface area contributed by atoms with E-state index < -0.39 is 0 Å². The molecular weight excluding hydrogens is 200 g/mol. The van der Waals surface area contributed by atoms with Crippen LogP contribution in [0.15, 0.2) is 24.4 Å². The van der Waals surface area contributed by atoms with Gasteiger partial charge in [0.15, 0.2) is 0 Å². The largest absolute Gasteiger partial charge is 0.384 e. The molecule has 16 heavy (non-hydrogen) atoms. The number of nitrogens with two attached hydrogens (primary N) is 1. The van der Waals surface area contributed by atoms with Crippen molar-refractivity contribution < 1.29 is 0 Å². The Bertz CT molecular complexity index is 499. The van der Waals surface area contributed by atoms with Gasteiger partial charge >= 0.3 is 0 Å². The number of nitrogens with zero attached hydrogens (tertiary/aromatic N) is 2. The topological polar surface area (TPSA) is 57.9 Å². The number of anilines is 2. The third-order valence-electron chi connectivity index (χ3n) is 2.67. The van der Waals surface area contributed by atoms with Crippen LogP contribution < -0.4 is 10.6 Å². The smallest absolute Gasteiger partial charge is 0.126 e. The highest BCUT2D eigenvalue weighted by Gasteiger charge is 2.13. The van der Waals surface area contributed by atoms with Gasteiger partial charge in [0.1, 0.15) is 5.82 Å². The van der Waals surface area contributed by atoms with Gasteiger partial charge in [-0.2, -0.15) is 5.10 Å². The van der Waals surface area contributed by atoms with E-state index in [4.69, 9.17) is 5.73 Å². The van der Waals surface area contributed by atoms with Gasteiger partial charge in [0, 0.05) is 30.9 Å². The van der Waals surface area contributed by atoms with Crippen LogP contribution in [0.25, 0.3) is 11.1 Å². The summed E-state index contributed by atoms with van der Waals surface area (Å²) >= 11 is 0. The first-order chi connectivity index (χ1) is 7.61. The average molecular weight is 216 g/mol. The fourth-order valence-electron chi connectivity index (χ4n) is 1.87. The second-order valence-corrected chi connectivity index (χ2v) is 4.06. The molecule has 2 rings (SSSR count). The Morgan fingerprint density at radius 1 is 1.31 bits per heavy atom. The van der Waals surface area contributed by atoms with E-state index in [9.17, 15) is 0 Å². The number of nitrogens with one attached hydrogen (secondary N) is 1. The molecule has 84 valence electrons. The van der Waals surface area contributed by atoms with Crippen molar-refractivity contribution in [2.75, 3.05) is 24.7 Å². The lowest BCUT2D eigenvalue weighted by Gasteiger charge is -2.18. The molecule has 0 aliphatic carbocycles. The zero-order valence-corrected chi connectivity index (χ0v) is 9.78. The average Bonchev–Trinajstić information content (AvgIpc) is 2.64. The summed E-state index contributed by atoms with van der Waals surface area (Å²) in [7, 11) is 4.04. The van der Waals surface area contributed by atoms with E-state index in [1.54, 1.807) is 6.20 Å². The van der Waals surface area contributed by atoms with Crippen molar-refractivity contribution >= 4 is 11.5 Å². The Morgan fingerprint density at radius 3 is 2.62 bits per heavy atom. The Kier molecular flexibility index (Phi) is 2.56. The minimum absolute atomic E-state index is 0.609. The molecule has 1 heterocycles. The third kappa shape index (κ3) is 1.62. The summed E-state index contributed by atoms with van der Waals surface area (Å²) in [6.45, 7) is 2.08. The van der Waals surface area contributed by atoms with Gasteiger partial charge < -0.3 is 10.6 Å². The molecule has 4 heteroatoms. The summed E-state index contributed by atoms with van der Waals surface area (Å²) < 4.78 is 0. The van der Waals surface area contributed by atoms with Crippen LogP contribution in [0.2, 0.25) is 0 Å². The van der Waals surface area contributed by atoms with Gasteiger partial charge in [-0.25, -0.2) is 0 Å². The van der Waals surface area contributed by atoms with Crippen LogP contribution >= 0.6 is 0 Å². The lowest BCUT2D eigenvalue weighted by molar-refractivity contribution is 1.10.